The van der Waals surface area contributed by atoms with Crippen molar-refractivity contribution in [2.75, 3.05) is 20.0 Å². The molecule has 0 aromatic carbocycles. The zero-order valence-electron chi connectivity index (χ0n) is 23.3. The van der Waals surface area contributed by atoms with Gasteiger partial charge in [0, 0.05) is 18.3 Å². The van der Waals surface area contributed by atoms with Gasteiger partial charge in [-0.05, 0) is 18.7 Å². The van der Waals surface area contributed by atoms with Gasteiger partial charge in [-0.2, -0.15) is 0 Å². The minimum Gasteiger partial charge on any atom is -0.405 e. The zero-order valence-corrected chi connectivity index (χ0v) is 23.3. The van der Waals surface area contributed by atoms with Crippen LogP contribution in [0.1, 0.15) is 6.42 Å². The molecule has 0 aromatic rings. The molecule has 0 aromatic heterocycles. The number of hydrogen-bond donors (Lipinski definition) is 13. The van der Waals surface area contributed by atoms with E-state index in [9.17, 15) is 35.7 Å². The average molecular weight is 627 g/mol. The number of nitrogens with two attached hydrogens (primary N) is 5. The average Bonchev–Trinajstić information content (AvgIpc) is 2.98. The molecule has 1 saturated carbocycles. The monoisotopic (exact) mass is 626 g/mol. The molecule has 0 spiro atoms. The summed E-state index contributed by atoms with van der Waals surface area (Å²) >= 11 is 0. The molecule has 2 saturated heterocycles. The summed E-state index contributed by atoms with van der Waals surface area (Å²) in [6.07, 6.45) is -14.1. The third kappa shape index (κ3) is 8.23. The molecular weight excluding hydrogens is 580 g/mol. The number of rotatable bonds is 13. The van der Waals surface area contributed by atoms with E-state index >= 15 is 0 Å². The van der Waals surface area contributed by atoms with Crippen molar-refractivity contribution < 1.29 is 64.2 Å². The molecule has 2 aliphatic heterocycles. The molecule has 2 heterocycles. The van der Waals surface area contributed by atoms with E-state index in [0.29, 0.717) is 0 Å². The van der Waals surface area contributed by atoms with E-state index in [1.165, 1.54) is 6.08 Å². The Kier molecular flexibility index (Phi) is 13.6. The SMILES string of the molecule is N=C[C@@H](O[C@H]1OC(CO)[C@@H](O)C(OCOC2C(N)[C@H](O[C@H]3C(N)C[C@H](N)C(O)[C@@H]3O)OC(CO)[C@@H]2O)C1N)[C@H](O)/C=C/N. The topological polar surface area (TPSA) is 351 Å². The Morgan fingerprint density at radius 3 is 1.84 bits per heavy atom. The number of ether oxygens (including phenoxy) is 6. The molecule has 18 N–H and O–H groups in total. The van der Waals surface area contributed by atoms with Gasteiger partial charge in [0.1, 0.15) is 67.8 Å². The summed E-state index contributed by atoms with van der Waals surface area (Å²) in [4.78, 5) is 0. The van der Waals surface area contributed by atoms with Crippen LogP contribution in [-0.2, 0) is 28.4 Å². The van der Waals surface area contributed by atoms with Crippen molar-refractivity contribution in [1.82, 2.24) is 0 Å². The van der Waals surface area contributed by atoms with Crippen LogP contribution in [0.3, 0.4) is 0 Å². The Morgan fingerprint density at radius 2 is 1.33 bits per heavy atom. The molecule has 0 amide bonds. The Morgan fingerprint density at radius 1 is 0.791 bits per heavy atom. The van der Waals surface area contributed by atoms with E-state index in [2.05, 4.69) is 0 Å². The second-order valence-electron chi connectivity index (χ2n) is 10.8. The first kappa shape index (κ1) is 36.0. The maximum atomic E-state index is 10.8. The van der Waals surface area contributed by atoms with Gasteiger partial charge in [0.05, 0.1) is 31.4 Å². The molecule has 0 radical (unpaired) electrons. The lowest BCUT2D eigenvalue weighted by atomic mass is 9.84. The standard InChI is InChI=1S/C24H46N6O13/c25-2-1-10(33)11(4-26)40-23-14(29)21(17(35)12(5-31)41-23)38-7-39-22-15(30)24(42-13(6-32)18(22)36)43-20-9(28)3-8(27)16(34)19(20)37/h1-2,4,8-24,26,31-37H,3,5-7,25,27-30H2/b2-1+,26-4?/t8-,9?,10+,11+,12?,13?,14?,15?,16?,17+,18-,19-,20-,21?,22?,23-,24-/m0/s1. The summed E-state index contributed by atoms with van der Waals surface area (Å²) in [6, 6.07) is -4.03. The highest BCUT2D eigenvalue weighted by atomic mass is 16.7. The van der Waals surface area contributed by atoms with E-state index in [0.717, 1.165) is 12.4 Å². The minimum atomic E-state index is -1.48. The normalized spacial score (nSPS) is 45.6. The predicted molar refractivity (Wildman–Crippen MR) is 145 cm³/mol. The fraction of sp³-hybridized carbons (Fsp3) is 0.875. The van der Waals surface area contributed by atoms with Crippen LogP contribution in [0.25, 0.3) is 0 Å². The largest absolute Gasteiger partial charge is 0.405 e. The van der Waals surface area contributed by atoms with Gasteiger partial charge in [-0.3, -0.25) is 0 Å². The molecular formula is C24H46N6O13. The number of nitrogens with one attached hydrogen (secondary N) is 1. The van der Waals surface area contributed by atoms with Crippen molar-refractivity contribution in [1.29, 1.82) is 5.41 Å². The summed E-state index contributed by atoms with van der Waals surface area (Å²) in [5.74, 6) is 0. The molecule has 3 fully saturated rings. The molecule has 1 aliphatic carbocycles. The first-order valence-electron chi connectivity index (χ1n) is 13.8. The zero-order chi connectivity index (χ0) is 32.0. The fourth-order valence-corrected chi connectivity index (χ4v) is 5.26. The highest BCUT2D eigenvalue weighted by molar-refractivity contribution is 5.60. The minimum absolute atomic E-state index is 0.126. The van der Waals surface area contributed by atoms with Gasteiger partial charge in [-0.1, -0.05) is 0 Å². The Labute approximate surface area is 247 Å². The molecule has 19 heteroatoms. The predicted octanol–water partition coefficient (Wildman–Crippen LogP) is -7.44. The van der Waals surface area contributed by atoms with Crippen molar-refractivity contribution in [2.45, 2.75) is 110 Å². The molecule has 17 atom stereocenters. The first-order chi connectivity index (χ1) is 20.4. The van der Waals surface area contributed by atoms with Crippen LogP contribution in [0.2, 0.25) is 0 Å². The third-order valence-corrected chi connectivity index (χ3v) is 7.80. The summed E-state index contributed by atoms with van der Waals surface area (Å²) in [6.45, 7) is -1.96. The molecule has 250 valence electrons. The van der Waals surface area contributed by atoms with Gasteiger partial charge in [-0.15, -0.1) is 0 Å². The molecule has 0 bridgehead atoms. The van der Waals surface area contributed by atoms with Gasteiger partial charge in [-0.25, -0.2) is 0 Å². The maximum absolute atomic E-state index is 10.8. The van der Waals surface area contributed by atoms with Gasteiger partial charge >= 0.3 is 0 Å². The lowest BCUT2D eigenvalue weighted by Crippen LogP contribution is -2.67. The van der Waals surface area contributed by atoms with E-state index in [4.69, 9.17) is 62.5 Å². The van der Waals surface area contributed by atoms with Gasteiger partial charge in [0.25, 0.3) is 0 Å². The van der Waals surface area contributed by atoms with Gasteiger partial charge in [0.15, 0.2) is 12.6 Å². The quantitative estimate of drug-likeness (QED) is 0.0666. The smallest absolute Gasteiger partial charge is 0.176 e. The summed E-state index contributed by atoms with van der Waals surface area (Å²) < 4.78 is 33.8. The lowest BCUT2D eigenvalue weighted by molar-refractivity contribution is -0.316. The molecule has 3 aliphatic rings. The highest BCUT2D eigenvalue weighted by Gasteiger charge is 2.50. The molecule has 8 unspecified atom stereocenters. The highest BCUT2D eigenvalue weighted by Crippen LogP contribution is 2.29. The number of aliphatic hydroxyl groups is 7. The second kappa shape index (κ2) is 16.2. The Bertz CT molecular complexity index is 897. The summed E-state index contributed by atoms with van der Waals surface area (Å²) in [7, 11) is 0. The van der Waals surface area contributed by atoms with Crippen molar-refractivity contribution >= 4 is 6.21 Å². The van der Waals surface area contributed by atoms with Crippen LogP contribution in [0, 0.1) is 5.41 Å². The van der Waals surface area contributed by atoms with E-state index in [1.807, 2.05) is 0 Å². The van der Waals surface area contributed by atoms with Crippen molar-refractivity contribution in [3.05, 3.63) is 12.3 Å². The molecule has 19 nitrogen and oxygen atoms in total. The third-order valence-electron chi connectivity index (χ3n) is 7.80. The van der Waals surface area contributed by atoms with Gasteiger partial charge in [0.2, 0.25) is 0 Å². The van der Waals surface area contributed by atoms with Crippen molar-refractivity contribution in [2.24, 2.45) is 28.7 Å². The Balaban J connectivity index is 1.68. The summed E-state index contributed by atoms with van der Waals surface area (Å²) in [5.41, 5.74) is 29.6. The van der Waals surface area contributed by atoms with Crippen LogP contribution in [0.4, 0.5) is 0 Å². The molecule has 3 rings (SSSR count). The van der Waals surface area contributed by atoms with Crippen molar-refractivity contribution in [3.63, 3.8) is 0 Å². The van der Waals surface area contributed by atoms with Crippen LogP contribution in [0.5, 0.6) is 0 Å². The number of aliphatic hydroxyl groups excluding tert-OH is 7. The Hall–Kier alpha value is -1.47. The maximum Gasteiger partial charge on any atom is 0.176 e. The fourth-order valence-electron chi connectivity index (χ4n) is 5.26. The van der Waals surface area contributed by atoms with E-state index in [1.54, 1.807) is 0 Å². The lowest BCUT2D eigenvalue weighted by Gasteiger charge is -2.47. The van der Waals surface area contributed by atoms with Crippen molar-refractivity contribution in [3.8, 4) is 0 Å². The van der Waals surface area contributed by atoms with Crippen LogP contribution < -0.4 is 28.7 Å². The van der Waals surface area contributed by atoms with E-state index in [-0.39, 0.29) is 6.42 Å². The van der Waals surface area contributed by atoms with E-state index < -0.39 is 124 Å². The summed E-state index contributed by atoms with van der Waals surface area (Å²) in [5, 5.41) is 79.2. The number of hydrogen-bond acceptors (Lipinski definition) is 19. The molecule has 43 heavy (non-hydrogen) atoms. The van der Waals surface area contributed by atoms with Crippen LogP contribution in [0.15, 0.2) is 12.3 Å². The first-order valence-corrected chi connectivity index (χ1v) is 13.8. The van der Waals surface area contributed by atoms with Crippen LogP contribution in [-0.4, -0.2) is 166 Å². The van der Waals surface area contributed by atoms with Gasteiger partial charge < -0.3 is 98.2 Å². The second-order valence-corrected chi connectivity index (χ2v) is 10.8. The van der Waals surface area contributed by atoms with Crippen LogP contribution >= 0.6 is 0 Å².